The molecule has 2 aromatic rings. The number of nitrogens with zero attached hydrogens (tertiary/aromatic N) is 4. The molecule has 1 atom stereocenters. The van der Waals surface area contributed by atoms with Crippen molar-refractivity contribution in [2.75, 3.05) is 41.3 Å². The molecule has 0 bridgehead atoms. The lowest BCUT2D eigenvalue weighted by atomic mass is 9.84. The maximum absolute atomic E-state index is 13.1. The molecule has 10 heteroatoms. The number of amides is 1. The van der Waals surface area contributed by atoms with E-state index < -0.39 is 11.4 Å². The van der Waals surface area contributed by atoms with Crippen molar-refractivity contribution in [2.45, 2.75) is 63.9 Å². The molecule has 3 heterocycles. The summed E-state index contributed by atoms with van der Waals surface area (Å²) in [4.78, 5) is 38.0. The molecule has 5 rings (SSSR count). The number of nitrogens with one attached hydrogen (secondary N) is 1. The Balaban J connectivity index is 1.14. The fourth-order valence-electron chi connectivity index (χ4n) is 5.57. The summed E-state index contributed by atoms with van der Waals surface area (Å²) in [6, 6.07) is 7.67. The van der Waals surface area contributed by atoms with Crippen molar-refractivity contribution in [1.29, 1.82) is 0 Å². The first-order valence-corrected chi connectivity index (χ1v) is 14.4. The minimum Gasteiger partial charge on any atom is -0.508 e. The zero-order valence-electron chi connectivity index (χ0n) is 23.8. The Bertz CT molecular complexity index is 1310. The Hall–Kier alpha value is -4.08. The molecule has 2 saturated heterocycles. The lowest BCUT2D eigenvalue weighted by Crippen LogP contribution is -2.40. The molecule has 0 radical (unpaired) electrons. The van der Waals surface area contributed by atoms with Crippen LogP contribution in [0.2, 0.25) is 0 Å². The summed E-state index contributed by atoms with van der Waals surface area (Å²) in [6.45, 7) is 6.33. The summed E-state index contributed by atoms with van der Waals surface area (Å²) in [6.07, 6.45) is 11.8. The first-order chi connectivity index (χ1) is 19.7. The van der Waals surface area contributed by atoms with E-state index in [1.165, 1.54) is 0 Å². The van der Waals surface area contributed by atoms with E-state index in [1.54, 1.807) is 26.2 Å². The molecule has 3 aliphatic rings. The first kappa shape index (κ1) is 28.4. The molecule has 1 unspecified atom stereocenters. The van der Waals surface area contributed by atoms with Crippen LogP contribution in [0.25, 0.3) is 0 Å². The lowest BCUT2D eigenvalue weighted by Gasteiger charge is -2.34. The molecule has 1 aromatic heterocycles. The second kappa shape index (κ2) is 12.2. The maximum atomic E-state index is 13.1. The minimum absolute atomic E-state index is 0.0546. The van der Waals surface area contributed by atoms with Crippen LogP contribution in [0, 0.1) is 5.92 Å². The van der Waals surface area contributed by atoms with Gasteiger partial charge >= 0.3 is 5.97 Å². The minimum atomic E-state index is -0.943. The molecule has 3 N–H and O–H groups in total. The number of benzene rings is 1. The highest BCUT2D eigenvalue weighted by molar-refractivity contribution is 5.91. The molecule has 2 fully saturated rings. The Morgan fingerprint density at radius 3 is 2.51 bits per heavy atom. The van der Waals surface area contributed by atoms with Gasteiger partial charge in [0, 0.05) is 37.7 Å². The molecule has 1 aromatic carbocycles. The fourth-order valence-corrected chi connectivity index (χ4v) is 5.57. The summed E-state index contributed by atoms with van der Waals surface area (Å²) in [5.41, 5.74) is 0.848. The van der Waals surface area contributed by atoms with Gasteiger partial charge in [0.25, 0.3) is 0 Å². The van der Waals surface area contributed by atoms with Crippen LogP contribution in [0.4, 0.5) is 17.3 Å². The van der Waals surface area contributed by atoms with Crippen LogP contribution in [-0.2, 0) is 19.7 Å². The van der Waals surface area contributed by atoms with Crippen molar-refractivity contribution in [3.05, 3.63) is 65.9 Å². The summed E-state index contributed by atoms with van der Waals surface area (Å²) < 4.78 is 6.10. The van der Waals surface area contributed by atoms with Crippen LogP contribution >= 0.6 is 0 Å². The van der Waals surface area contributed by atoms with Crippen LogP contribution < -0.4 is 15.1 Å². The van der Waals surface area contributed by atoms with E-state index in [2.05, 4.69) is 25.1 Å². The van der Waals surface area contributed by atoms with Crippen molar-refractivity contribution >= 4 is 29.2 Å². The van der Waals surface area contributed by atoms with Crippen molar-refractivity contribution in [2.24, 2.45) is 5.92 Å². The quantitative estimate of drug-likeness (QED) is 0.416. The first-order valence-electron chi connectivity index (χ1n) is 14.4. The molecule has 10 nitrogen and oxygen atoms in total. The van der Waals surface area contributed by atoms with Gasteiger partial charge in [0.05, 0.1) is 24.4 Å². The Morgan fingerprint density at radius 1 is 1.05 bits per heavy atom. The summed E-state index contributed by atoms with van der Waals surface area (Å²) >= 11 is 0. The third-order valence-corrected chi connectivity index (χ3v) is 8.32. The number of allylic oxidation sites excluding steroid dienone is 3. The molecular weight excluding hydrogens is 522 g/mol. The highest BCUT2D eigenvalue weighted by Gasteiger charge is 2.30. The number of carbonyl (C=O) groups excluding carboxylic acids is 1. The number of carbonyl (C=O) groups is 2. The van der Waals surface area contributed by atoms with Crippen LogP contribution in [0.5, 0.6) is 0 Å². The van der Waals surface area contributed by atoms with Crippen LogP contribution in [-0.4, -0.2) is 64.3 Å². The molecule has 218 valence electrons. The van der Waals surface area contributed by atoms with Gasteiger partial charge in [0.1, 0.15) is 17.7 Å². The van der Waals surface area contributed by atoms with Gasteiger partial charge in [-0.05, 0) is 69.7 Å². The molecule has 2 aliphatic heterocycles. The van der Waals surface area contributed by atoms with Gasteiger partial charge in [-0.1, -0.05) is 18.2 Å². The van der Waals surface area contributed by atoms with Gasteiger partial charge in [-0.15, -0.1) is 0 Å². The number of aliphatic hydroxyl groups is 1. The predicted octanol–water partition coefficient (Wildman–Crippen LogP) is 4.80. The van der Waals surface area contributed by atoms with E-state index in [-0.39, 0.29) is 17.9 Å². The normalized spacial score (nSPS) is 20.2. The molecule has 1 aliphatic carbocycles. The highest BCUT2D eigenvalue weighted by atomic mass is 16.5. The molecule has 0 spiro atoms. The van der Waals surface area contributed by atoms with E-state index in [1.807, 2.05) is 36.4 Å². The van der Waals surface area contributed by atoms with Gasteiger partial charge in [-0.2, -0.15) is 0 Å². The number of carboxylic acid groups (broad SMARTS) is 1. The van der Waals surface area contributed by atoms with Gasteiger partial charge < -0.3 is 30.1 Å². The number of aromatic nitrogens is 2. The lowest BCUT2D eigenvalue weighted by molar-refractivity contribution is -0.142. The number of aliphatic carboxylic acids is 1. The number of ether oxygens (including phenoxy) is 1. The van der Waals surface area contributed by atoms with Crippen molar-refractivity contribution < 1.29 is 24.5 Å². The van der Waals surface area contributed by atoms with E-state index >= 15 is 0 Å². The average Bonchev–Trinajstić information content (AvgIpc) is 2.99. The number of hydrogen-bond donors (Lipinski definition) is 3. The number of piperidine rings is 2. The van der Waals surface area contributed by atoms with Crippen molar-refractivity contribution in [3.8, 4) is 0 Å². The third-order valence-electron chi connectivity index (χ3n) is 8.32. The summed E-state index contributed by atoms with van der Waals surface area (Å²) in [5.74, 6) is 0.953. The standard InChI is InChI=1S/C31H39N5O5/c1-31(2,30(39)40)22-9-11-23(12-10-22)35-16-13-21(14-17-35)29(38)34-27-18-32-19-28(33-27)36-15-5-6-24(20-36)41-26-8-4-3-7-25(26)37/h4,8-12,18-19,21,24,37H,3,5-7,13-17,20H2,1-2H3,(H,39,40)(H,33,34,38). The number of anilines is 3. The topological polar surface area (TPSA) is 128 Å². The number of rotatable bonds is 8. The molecule has 0 saturated carbocycles. The van der Waals surface area contributed by atoms with E-state index in [0.717, 1.165) is 50.1 Å². The Labute approximate surface area is 240 Å². The van der Waals surface area contributed by atoms with E-state index in [4.69, 9.17) is 4.74 Å². The number of hydrogen-bond acceptors (Lipinski definition) is 8. The maximum Gasteiger partial charge on any atom is 0.313 e. The smallest absolute Gasteiger partial charge is 0.313 e. The second-order valence-corrected chi connectivity index (χ2v) is 11.6. The van der Waals surface area contributed by atoms with Crippen LogP contribution in [0.1, 0.15) is 57.9 Å². The Morgan fingerprint density at radius 2 is 1.80 bits per heavy atom. The zero-order valence-corrected chi connectivity index (χ0v) is 23.8. The largest absolute Gasteiger partial charge is 0.508 e. The monoisotopic (exact) mass is 561 g/mol. The molecular formula is C31H39N5O5. The third kappa shape index (κ3) is 6.64. The van der Waals surface area contributed by atoms with E-state index in [9.17, 15) is 19.8 Å². The Kier molecular flexibility index (Phi) is 8.46. The molecule has 1 amide bonds. The summed E-state index contributed by atoms with van der Waals surface area (Å²) in [7, 11) is 0. The molecule has 41 heavy (non-hydrogen) atoms. The highest BCUT2D eigenvalue weighted by Crippen LogP contribution is 2.29. The second-order valence-electron chi connectivity index (χ2n) is 11.6. The van der Waals surface area contributed by atoms with Crippen molar-refractivity contribution in [3.63, 3.8) is 0 Å². The number of carboxylic acids is 1. The number of aliphatic hydroxyl groups excluding tert-OH is 1. The van der Waals surface area contributed by atoms with Gasteiger partial charge in [-0.3, -0.25) is 14.6 Å². The fraction of sp³-hybridized carbons (Fsp3) is 0.484. The van der Waals surface area contributed by atoms with Gasteiger partial charge in [0.15, 0.2) is 11.6 Å². The zero-order chi connectivity index (χ0) is 29.0. The SMILES string of the molecule is CC(C)(C(=O)O)c1ccc(N2CCC(C(=O)Nc3cncc(N4CCCC(OC5=C(O)CCC=C5)C4)n3)CC2)cc1. The predicted molar refractivity (Wildman–Crippen MR) is 157 cm³/mol. The van der Waals surface area contributed by atoms with E-state index in [0.29, 0.717) is 49.0 Å². The van der Waals surface area contributed by atoms with Crippen LogP contribution in [0.3, 0.4) is 0 Å². The van der Waals surface area contributed by atoms with Gasteiger partial charge in [0.2, 0.25) is 5.91 Å². The average molecular weight is 562 g/mol. The van der Waals surface area contributed by atoms with Crippen molar-refractivity contribution in [1.82, 2.24) is 9.97 Å². The van der Waals surface area contributed by atoms with Crippen LogP contribution in [0.15, 0.2) is 60.3 Å². The summed E-state index contributed by atoms with van der Waals surface area (Å²) in [5, 5.41) is 22.6. The van der Waals surface area contributed by atoms with Gasteiger partial charge in [-0.25, -0.2) is 4.98 Å².